The van der Waals surface area contributed by atoms with Crippen molar-refractivity contribution < 1.29 is 15.3 Å². The summed E-state index contributed by atoms with van der Waals surface area (Å²) in [5, 5.41) is 35.7. The van der Waals surface area contributed by atoms with Crippen molar-refractivity contribution in [3.8, 4) is 0 Å². The molecule has 6 atom stereocenters. The van der Waals surface area contributed by atoms with Gasteiger partial charge in [0.05, 0.1) is 11.7 Å². The maximum atomic E-state index is 10.9. The van der Waals surface area contributed by atoms with E-state index in [1.807, 2.05) is 0 Å². The van der Waals surface area contributed by atoms with Gasteiger partial charge in [-0.25, -0.2) is 0 Å². The summed E-state index contributed by atoms with van der Waals surface area (Å²) in [6.07, 6.45) is 4.24. The second-order valence-electron chi connectivity index (χ2n) is 9.36. The van der Waals surface area contributed by atoms with Crippen molar-refractivity contribution >= 4 is 0 Å². The second kappa shape index (κ2) is 7.61. The summed E-state index contributed by atoms with van der Waals surface area (Å²) in [6, 6.07) is 0.199. The van der Waals surface area contributed by atoms with Crippen LogP contribution in [0.1, 0.15) is 73.1 Å². The van der Waals surface area contributed by atoms with E-state index in [0.29, 0.717) is 37.1 Å². The van der Waals surface area contributed by atoms with Gasteiger partial charge in [-0.3, -0.25) is 0 Å². The van der Waals surface area contributed by atoms with Crippen molar-refractivity contribution in [2.45, 2.75) is 96.5 Å². The molecule has 0 heterocycles. The molecule has 0 bridgehead atoms. The van der Waals surface area contributed by atoms with Crippen molar-refractivity contribution in [2.75, 3.05) is 6.54 Å². The molecule has 0 spiro atoms. The lowest BCUT2D eigenvalue weighted by molar-refractivity contribution is -0.118. The van der Waals surface area contributed by atoms with Crippen LogP contribution >= 0.6 is 0 Å². The number of aliphatic hydroxyl groups is 3. The Hall–Kier alpha value is -0.160. The molecule has 0 saturated heterocycles. The summed E-state index contributed by atoms with van der Waals surface area (Å²) in [7, 11) is 0. The molecule has 0 aliphatic heterocycles. The van der Waals surface area contributed by atoms with E-state index >= 15 is 0 Å². The number of aliphatic hydroxyl groups excluding tert-OH is 1. The van der Waals surface area contributed by atoms with Crippen LogP contribution in [0.15, 0.2) is 0 Å². The van der Waals surface area contributed by atoms with E-state index in [1.54, 1.807) is 0 Å². The molecule has 142 valence electrons. The topological polar surface area (TPSA) is 72.7 Å². The normalized spacial score (nSPS) is 44.2. The highest BCUT2D eigenvalue weighted by molar-refractivity contribution is 4.99. The molecule has 0 amide bonds. The Morgan fingerprint density at radius 1 is 1.08 bits per heavy atom. The van der Waals surface area contributed by atoms with Crippen molar-refractivity contribution in [1.82, 2.24) is 5.32 Å². The molecule has 4 heteroatoms. The Morgan fingerprint density at radius 3 is 2.29 bits per heavy atom. The van der Waals surface area contributed by atoms with E-state index in [0.717, 1.165) is 25.7 Å². The van der Waals surface area contributed by atoms with E-state index in [4.69, 9.17) is 0 Å². The smallest absolute Gasteiger partial charge is 0.103 e. The molecule has 24 heavy (non-hydrogen) atoms. The van der Waals surface area contributed by atoms with Crippen LogP contribution < -0.4 is 5.32 Å². The zero-order valence-corrected chi connectivity index (χ0v) is 16.3. The van der Waals surface area contributed by atoms with Crippen LogP contribution in [-0.4, -0.2) is 45.2 Å². The van der Waals surface area contributed by atoms with Crippen LogP contribution in [0, 0.1) is 23.7 Å². The minimum absolute atomic E-state index is 0.199. The van der Waals surface area contributed by atoms with Crippen molar-refractivity contribution in [3.63, 3.8) is 0 Å². The minimum atomic E-state index is -1.03. The molecule has 4 N–H and O–H groups in total. The van der Waals surface area contributed by atoms with Crippen molar-refractivity contribution in [1.29, 1.82) is 0 Å². The van der Waals surface area contributed by atoms with Crippen LogP contribution in [0.2, 0.25) is 0 Å². The number of nitrogens with one attached hydrogen (secondary N) is 1. The Morgan fingerprint density at radius 2 is 1.75 bits per heavy atom. The Bertz CT molecular complexity index is 414. The molecule has 0 radical (unpaired) electrons. The molecular formula is C20H39NO3. The van der Waals surface area contributed by atoms with Gasteiger partial charge in [0.25, 0.3) is 0 Å². The van der Waals surface area contributed by atoms with Crippen molar-refractivity contribution in [3.05, 3.63) is 0 Å². The SMILES string of the molecule is CC(C)C1CCC(O)(CNC2CC(O)(C(C)C)CCC2C)C(O)C1. The predicted octanol–water partition coefficient (Wildman–Crippen LogP) is 2.70. The fourth-order valence-electron chi connectivity index (χ4n) is 4.51. The summed E-state index contributed by atoms with van der Waals surface area (Å²) in [5.41, 5.74) is -1.64. The molecule has 0 aromatic rings. The third-order valence-electron chi connectivity index (χ3n) is 7.08. The van der Waals surface area contributed by atoms with E-state index in [2.05, 4.69) is 39.9 Å². The van der Waals surface area contributed by atoms with E-state index in [1.165, 1.54) is 0 Å². The average Bonchev–Trinajstić information content (AvgIpc) is 2.51. The highest BCUT2D eigenvalue weighted by Gasteiger charge is 2.44. The Labute approximate surface area is 148 Å². The van der Waals surface area contributed by atoms with Gasteiger partial charge < -0.3 is 20.6 Å². The molecule has 2 aliphatic carbocycles. The van der Waals surface area contributed by atoms with Crippen LogP contribution in [0.3, 0.4) is 0 Å². The molecular weight excluding hydrogens is 302 g/mol. The number of rotatable bonds is 5. The lowest BCUT2D eigenvalue weighted by atomic mass is 9.70. The number of hydrogen-bond acceptors (Lipinski definition) is 4. The summed E-state index contributed by atoms with van der Waals surface area (Å²) in [4.78, 5) is 0. The Balaban J connectivity index is 1.94. The van der Waals surface area contributed by atoms with Crippen LogP contribution in [0.25, 0.3) is 0 Å². The van der Waals surface area contributed by atoms with Gasteiger partial charge in [-0.05, 0) is 62.2 Å². The zero-order chi connectivity index (χ0) is 18.1. The zero-order valence-electron chi connectivity index (χ0n) is 16.3. The van der Waals surface area contributed by atoms with E-state index < -0.39 is 17.3 Å². The quantitative estimate of drug-likeness (QED) is 0.620. The first-order chi connectivity index (χ1) is 11.1. The van der Waals surface area contributed by atoms with Crippen LogP contribution in [-0.2, 0) is 0 Å². The first-order valence-corrected chi connectivity index (χ1v) is 9.93. The van der Waals surface area contributed by atoms with Crippen LogP contribution in [0.4, 0.5) is 0 Å². The summed E-state index contributed by atoms with van der Waals surface area (Å²) >= 11 is 0. The van der Waals surface area contributed by atoms with E-state index in [9.17, 15) is 15.3 Å². The third kappa shape index (κ3) is 4.32. The van der Waals surface area contributed by atoms with Gasteiger partial charge in [0.15, 0.2) is 0 Å². The lowest BCUT2D eigenvalue weighted by Crippen LogP contribution is -2.58. The molecule has 0 aromatic carbocycles. The average molecular weight is 342 g/mol. The fourth-order valence-corrected chi connectivity index (χ4v) is 4.51. The summed E-state index contributed by atoms with van der Waals surface area (Å²) < 4.78 is 0. The first-order valence-electron chi connectivity index (χ1n) is 9.93. The number of hydrogen-bond donors (Lipinski definition) is 4. The molecule has 0 aromatic heterocycles. The summed E-state index contributed by atoms with van der Waals surface area (Å²) in [6.45, 7) is 11.2. The van der Waals surface area contributed by atoms with E-state index in [-0.39, 0.29) is 12.0 Å². The first kappa shape index (κ1) is 20.2. The minimum Gasteiger partial charge on any atom is -0.390 e. The monoisotopic (exact) mass is 341 g/mol. The van der Waals surface area contributed by atoms with Crippen molar-refractivity contribution in [2.24, 2.45) is 23.7 Å². The van der Waals surface area contributed by atoms with Gasteiger partial charge in [-0.1, -0.05) is 34.6 Å². The standard InChI is InChI=1S/C20H39NO3/c1-13(2)16-7-9-20(24,18(22)10-16)12-21-17-11-19(23,14(3)4)8-6-15(17)5/h13-18,21-24H,6-12H2,1-5H3. The maximum absolute atomic E-state index is 10.9. The molecule has 2 rings (SSSR count). The highest BCUT2D eigenvalue weighted by Crippen LogP contribution is 2.39. The molecule has 4 nitrogen and oxygen atoms in total. The molecule has 2 saturated carbocycles. The van der Waals surface area contributed by atoms with Gasteiger partial charge in [0, 0.05) is 12.6 Å². The fraction of sp³-hybridized carbons (Fsp3) is 1.00. The van der Waals surface area contributed by atoms with Gasteiger partial charge in [-0.15, -0.1) is 0 Å². The summed E-state index contributed by atoms with van der Waals surface area (Å²) in [5.74, 6) is 1.78. The van der Waals surface area contributed by atoms with Gasteiger partial charge >= 0.3 is 0 Å². The lowest BCUT2D eigenvalue weighted by Gasteiger charge is -2.46. The maximum Gasteiger partial charge on any atom is 0.103 e. The Kier molecular flexibility index (Phi) is 6.39. The van der Waals surface area contributed by atoms with Gasteiger partial charge in [0.1, 0.15) is 5.60 Å². The molecule has 2 aliphatic rings. The molecule has 6 unspecified atom stereocenters. The van der Waals surface area contributed by atoms with Crippen LogP contribution in [0.5, 0.6) is 0 Å². The highest BCUT2D eigenvalue weighted by atomic mass is 16.3. The van der Waals surface area contributed by atoms with Gasteiger partial charge in [0.2, 0.25) is 0 Å². The predicted molar refractivity (Wildman–Crippen MR) is 97.7 cm³/mol. The third-order valence-corrected chi connectivity index (χ3v) is 7.08. The second-order valence-corrected chi connectivity index (χ2v) is 9.36. The molecule has 2 fully saturated rings. The largest absolute Gasteiger partial charge is 0.390 e. The van der Waals surface area contributed by atoms with Gasteiger partial charge in [-0.2, -0.15) is 0 Å².